The number of hydrazone groups is 1. The van der Waals surface area contributed by atoms with Crippen LogP contribution in [-0.2, 0) is 4.79 Å². The first-order valence-electron chi connectivity index (χ1n) is 4.78. The van der Waals surface area contributed by atoms with E-state index in [0.29, 0.717) is 0 Å². The van der Waals surface area contributed by atoms with Crippen LogP contribution in [-0.4, -0.2) is 24.2 Å². The molecule has 8 heteroatoms. The average Bonchev–Trinajstić information content (AvgIpc) is 2.30. The van der Waals surface area contributed by atoms with Gasteiger partial charge in [-0.1, -0.05) is 0 Å². The molecule has 0 aliphatic carbocycles. The van der Waals surface area contributed by atoms with Gasteiger partial charge in [0.25, 0.3) is 5.69 Å². The number of hydrogen-bond acceptors (Lipinski definition) is 6. The highest BCUT2D eigenvalue weighted by Crippen LogP contribution is 2.33. The van der Waals surface area contributed by atoms with Gasteiger partial charge >= 0.3 is 0 Å². The third-order valence-corrected chi connectivity index (χ3v) is 1.91. The Balaban J connectivity index is 3.13. The van der Waals surface area contributed by atoms with Crippen molar-refractivity contribution in [2.75, 3.05) is 7.11 Å². The number of methoxy groups -OCH3 is 1. The Kier molecular flexibility index (Phi) is 4.19. The van der Waals surface area contributed by atoms with Crippen LogP contribution in [0.2, 0.25) is 0 Å². The van der Waals surface area contributed by atoms with Gasteiger partial charge in [0, 0.05) is 24.3 Å². The number of nitro benzene ring substituents is 1. The Morgan fingerprint density at radius 2 is 2.22 bits per heavy atom. The van der Waals surface area contributed by atoms with Gasteiger partial charge < -0.3 is 9.84 Å². The first kappa shape index (κ1) is 13.4. The van der Waals surface area contributed by atoms with Crippen molar-refractivity contribution in [2.24, 2.45) is 5.10 Å². The molecule has 0 spiro atoms. The maximum absolute atomic E-state index is 11.5. The fraction of sp³-hybridized carbons (Fsp3) is 0.200. The quantitative estimate of drug-likeness (QED) is 0.465. The lowest BCUT2D eigenvalue weighted by Crippen LogP contribution is -2.12. The van der Waals surface area contributed by atoms with Crippen LogP contribution in [0, 0.1) is 10.1 Å². The molecule has 8 nitrogen and oxygen atoms in total. The summed E-state index contributed by atoms with van der Waals surface area (Å²) in [6.07, 6.45) is 1.18. The minimum atomic E-state index is -0.806. The summed E-state index contributed by atoms with van der Waals surface area (Å²) in [5, 5.41) is 25.7. The van der Waals surface area contributed by atoms with Gasteiger partial charge in [0.1, 0.15) is 5.75 Å². The molecule has 1 amide bonds. The van der Waals surface area contributed by atoms with E-state index in [0.717, 1.165) is 6.07 Å². The number of ether oxygens (including phenoxy) is 1. The van der Waals surface area contributed by atoms with Crippen LogP contribution in [0.1, 0.15) is 12.5 Å². The predicted molar refractivity (Wildman–Crippen MR) is 60.5 cm³/mol. The van der Waals surface area contributed by atoms with Gasteiger partial charge in [-0.3, -0.25) is 14.9 Å². The Hall–Kier alpha value is -2.64. The predicted octanol–water partition coefficient (Wildman–Crippen LogP) is 0.147. The summed E-state index contributed by atoms with van der Waals surface area (Å²) < 4.78 is 4.74. The number of nitro groups is 1. The van der Waals surface area contributed by atoms with Crippen molar-refractivity contribution in [2.45, 2.75) is 6.92 Å². The van der Waals surface area contributed by atoms with Gasteiger partial charge in [0.05, 0.1) is 18.2 Å². The largest absolute Gasteiger partial charge is 0.865 e. The summed E-state index contributed by atoms with van der Waals surface area (Å²) >= 11 is 0. The smallest absolute Gasteiger partial charge is 0.266 e. The number of benzene rings is 1. The van der Waals surface area contributed by atoms with Crippen molar-refractivity contribution in [3.05, 3.63) is 27.8 Å². The van der Waals surface area contributed by atoms with E-state index in [2.05, 4.69) is 10.5 Å². The fourth-order valence-electron chi connectivity index (χ4n) is 1.17. The molecular weight excluding hydrogens is 242 g/mol. The van der Waals surface area contributed by atoms with Gasteiger partial charge in [-0.2, -0.15) is 5.10 Å². The zero-order chi connectivity index (χ0) is 13.7. The summed E-state index contributed by atoms with van der Waals surface area (Å²) in [4.78, 5) is 20.4. The van der Waals surface area contributed by atoms with Crippen molar-refractivity contribution in [1.29, 1.82) is 0 Å². The molecule has 1 N–H and O–H groups in total. The van der Waals surface area contributed by atoms with Crippen molar-refractivity contribution in [3.63, 3.8) is 0 Å². The van der Waals surface area contributed by atoms with E-state index in [1.165, 1.54) is 26.3 Å². The molecular formula is C10H10N3O5-. The molecule has 0 bridgehead atoms. The molecule has 1 rings (SSSR count). The van der Waals surface area contributed by atoms with Gasteiger partial charge in [-0.15, -0.1) is 0 Å². The molecule has 0 heterocycles. The van der Waals surface area contributed by atoms with E-state index in [4.69, 9.17) is 4.74 Å². The van der Waals surface area contributed by atoms with Crippen molar-refractivity contribution < 1.29 is 19.6 Å². The molecule has 18 heavy (non-hydrogen) atoms. The molecule has 0 atom stereocenters. The third kappa shape index (κ3) is 3.17. The van der Waals surface area contributed by atoms with Gasteiger partial charge in [0.15, 0.2) is 0 Å². The summed E-state index contributed by atoms with van der Waals surface area (Å²) in [6, 6.07) is 2.34. The number of carbonyl (C=O) groups excluding carboxylic acids is 1. The first-order chi connectivity index (χ1) is 8.45. The van der Waals surface area contributed by atoms with Crippen molar-refractivity contribution >= 4 is 17.8 Å². The first-order valence-corrected chi connectivity index (χ1v) is 4.78. The molecule has 1 aromatic carbocycles. The number of amides is 1. The third-order valence-electron chi connectivity index (χ3n) is 1.91. The Morgan fingerprint density at radius 3 is 2.72 bits per heavy atom. The molecule has 0 saturated heterocycles. The summed E-state index contributed by atoms with van der Waals surface area (Å²) in [6.45, 7) is 1.26. The van der Waals surface area contributed by atoms with Crippen LogP contribution in [0.5, 0.6) is 11.5 Å². The van der Waals surface area contributed by atoms with E-state index in [9.17, 15) is 20.0 Å². The summed E-state index contributed by atoms with van der Waals surface area (Å²) in [5.74, 6) is -1.35. The van der Waals surface area contributed by atoms with E-state index in [-0.39, 0.29) is 17.2 Å². The molecule has 96 valence electrons. The van der Waals surface area contributed by atoms with Crippen LogP contribution < -0.4 is 15.3 Å². The van der Waals surface area contributed by atoms with E-state index in [1.54, 1.807) is 0 Å². The monoisotopic (exact) mass is 252 g/mol. The normalized spacial score (nSPS) is 10.3. The standard InChI is InChI=1S/C10H11N3O5/c1-6(14)12-11-5-7-3-8(13(16)17)10(15)9(4-7)18-2/h3-5,15H,1-2H3,(H,12,14)/p-1/b11-5-. The Bertz CT molecular complexity index is 512. The molecule has 0 fully saturated rings. The Morgan fingerprint density at radius 1 is 1.56 bits per heavy atom. The van der Waals surface area contributed by atoms with E-state index in [1.807, 2.05) is 0 Å². The number of nitrogens with one attached hydrogen (secondary N) is 1. The SMILES string of the molecule is COc1cc(/C=N\NC(C)=O)cc([N+](=O)[O-])c1[O-]. The van der Waals surface area contributed by atoms with Gasteiger partial charge in [0.2, 0.25) is 5.91 Å². The lowest BCUT2D eigenvalue weighted by molar-refractivity contribution is -0.398. The fourth-order valence-corrected chi connectivity index (χ4v) is 1.17. The minimum Gasteiger partial charge on any atom is -0.865 e. The van der Waals surface area contributed by atoms with E-state index < -0.39 is 16.4 Å². The van der Waals surface area contributed by atoms with Crippen LogP contribution in [0.3, 0.4) is 0 Å². The maximum atomic E-state index is 11.5. The number of carbonyl (C=O) groups is 1. The maximum Gasteiger partial charge on any atom is 0.266 e. The lowest BCUT2D eigenvalue weighted by atomic mass is 10.2. The molecule has 0 radical (unpaired) electrons. The number of hydrogen-bond donors (Lipinski definition) is 1. The second-order valence-electron chi connectivity index (χ2n) is 3.25. The molecule has 0 unspecified atom stereocenters. The number of rotatable bonds is 4. The highest BCUT2D eigenvalue weighted by molar-refractivity contribution is 5.84. The lowest BCUT2D eigenvalue weighted by Gasteiger charge is -2.12. The topological polar surface area (TPSA) is 117 Å². The Labute approximate surface area is 102 Å². The van der Waals surface area contributed by atoms with Crippen LogP contribution in [0.15, 0.2) is 17.2 Å². The minimum absolute atomic E-state index is 0.159. The summed E-state index contributed by atoms with van der Waals surface area (Å²) in [5.41, 5.74) is 1.79. The zero-order valence-corrected chi connectivity index (χ0v) is 9.67. The van der Waals surface area contributed by atoms with Crippen LogP contribution in [0.4, 0.5) is 5.69 Å². The zero-order valence-electron chi connectivity index (χ0n) is 9.67. The van der Waals surface area contributed by atoms with Crippen LogP contribution >= 0.6 is 0 Å². The molecule has 1 aromatic rings. The van der Waals surface area contributed by atoms with E-state index >= 15 is 0 Å². The van der Waals surface area contributed by atoms with Crippen molar-refractivity contribution in [1.82, 2.24) is 5.43 Å². The highest BCUT2D eigenvalue weighted by Gasteiger charge is 2.12. The molecule has 0 aromatic heterocycles. The number of nitrogens with zero attached hydrogens (tertiary/aromatic N) is 2. The van der Waals surface area contributed by atoms with Crippen LogP contribution in [0.25, 0.3) is 0 Å². The molecule has 0 aliphatic heterocycles. The highest BCUT2D eigenvalue weighted by atomic mass is 16.6. The second kappa shape index (κ2) is 5.62. The van der Waals surface area contributed by atoms with Gasteiger partial charge in [-0.25, -0.2) is 5.43 Å². The summed E-state index contributed by atoms with van der Waals surface area (Å²) in [7, 11) is 1.23. The van der Waals surface area contributed by atoms with Gasteiger partial charge in [-0.05, 0) is 6.07 Å². The molecule has 0 saturated carbocycles. The van der Waals surface area contributed by atoms with Crippen molar-refractivity contribution in [3.8, 4) is 11.5 Å². The second-order valence-corrected chi connectivity index (χ2v) is 3.25. The average molecular weight is 252 g/mol. The molecule has 0 aliphatic rings.